The number of carbonyl (C=O) groups is 1. The molecule has 172 valence electrons. The van der Waals surface area contributed by atoms with Crippen LogP contribution in [0.25, 0.3) is 11.0 Å². The van der Waals surface area contributed by atoms with Crippen LogP contribution in [0.2, 0.25) is 0 Å². The van der Waals surface area contributed by atoms with Gasteiger partial charge in [-0.3, -0.25) is 4.90 Å². The Hall–Kier alpha value is -2.97. The predicted molar refractivity (Wildman–Crippen MR) is 121 cm³/mol. The van der Waals surface area contributed by atoms with Crippen LogP contribution in [0.4, 0.5) is 0 Å². The first kappa shape index (κ1) is 20.6. The number of pyridine rings is 1. The number of methoxy groups -OCH3 is 1. The van der Waals surface area contributed by atoms with Gasteiger partial charge in [-0.2, -0.15) is 0 Å². The molecule has 2 aromatic heterocycles. The summed E-state index contributed by atoms with van der Waals surface area (Å²) < 4.78 is 12.8. The minimum absolute atomic E-state index is 0.105. The summed E-state index contributed by atoms with van der Waals surface area (Å²) >= 11 is 0. The van der Waals surface area contributed by atoms with Crippen LogP contribution < -0.4 is 0 Å². The quantitative estimate of drug-likeness (QED) is 0.580. The summed E-state index contributed by atoms with van der Waals surface area (Å²) in [5, 5.41) is 9.82. The van der Waals surface area contributed by atoms with E-state index in [0.29, 0.717) is 11.5 Å². The number of likely N-dealkylation sites (tertiary alicyclic amines) is 1. The number of benzene rings is 1. The van der Waals surface area contributed by atoms with Gasteiger partial charge in [0, 0.05) is 24.6 Å². The first-order valence-corrected chi connectivity index (χ1v) is 11.6. The third kappa shape index (κ3) is 3.57. The second kappa shape index (κ2) is 7.81. The van der Waals surface area contributed by atoms with Gasteiger partial charge >= 0.3 is 5.97 Å². The van der Waals surface area contributed by atoms with Gasteiger partial charge in [0.1, 0.15) is 5.82 Å². The average molecular weight is 449 g/mol. The van der Waals surface area contributed by atoms with Crippen LogP contribution in [0.3, 0.4) is 0 Å². The van der Waals surface area contributed by atoms with Crippen LogP contribution in [-0.2, 0) is 28.0 Å². The number of rotatable bonds is 6. The van der Waals surface area contributed by atoms with E-state index < -0.39 is 0 Å². The summed E-state index contributed by atoms with van der Waals surface area (Å²) in [5.41, 5.74) is 3.51. The number of imidazole rings is 1. The second-order valence-electron chi connectivity index (χ2n) is 9.54. The van der Waals surface area contributed by atoms with Gasteiger partial charge in [-0.05, 0) is 56.0 Å². The minimum Gasteiger partial charge on any atom is -0.493 e. The summed E-state index contributed by atoms with van der Waals surface area (Å²) in [6.07, 6.45) is 3.39. The van der Waals surface area contributed by atoms with Crippen LogP contribution in [-0.4, -0.2) is 63.4 Å². The van der Waals surface area contributed by atoms with Crippen molar-refractivity contribution in [2.45, 2.75) is 43.9 Å². The molecule has 33 heavy (non-hydrogen) atoms. The van der Waals surface area contributed by atoms with Gasteiger partial charge in [-0.1, -0.05) is 6.07 Å². The van der Waals surface area contributed by atoms with Crippen LogP contribution in [0, 0.1) is 5.92 Å². The predicted octanol–water partition coefficient (Wildman–Crippen LogP) is 2.88. The number of esters is 1. The maximum Gasteiger partial charge on any atom is 0.337 e. The zero-order chi connectivity index (χ0) is 22.6. The highest BCUT2D eigenvalue weighted by Crippen LogP contribution is 2.58. The maximum atomic E-state index is 12.1. The summed E-state index contributed by atoms with van der Waals surface area (Å²) in [7, 11) is 1.40. The molecule has 4 heterocycles. The number of fused-ring (bicyclic) bond motifs is 2. The molecule has 0 bridgehead atoms. The SMILES string of the molecule is COC(=O)c1ccc2nc(CN3CCC4(c5cccc(O)n5)CC4C3)n(C[C@@H]3CCO3)c2c1. The molecule has 0 radical (unpaired) electrons. The van der Waals surface area contributed by atoms with Crippen molar-refractivity contribution in [3.05, 3.63) is 53.5 Å². The van der Waals surface area contributed by atoms with Gasteiger partial charge in [-0.25, -0.2) is 14.8 Å². The molecule has 0 spiro atoms. The van der Waals surface area contributed by atoms with E-state index in [1.165, 1.54) is 7.11 Å². The Kier molecular flexibility index (Phi) is 4.88. The van der Waals surface area contributed by atoms with E-state index in [1.807, 2.05) is 24.3 Å². The molecular formula is C25H28N4O4. The zero-order valence-electron chi connectivity index (χ0n) is 18.7. The fourth-order valence-corrected chi connectivity index (χ4v) is 5.55. The van der Waals surface area contributed by atoms with Crippen LogP contribution in [0.15, 0.2) is 36.4 Å². The standard InChI is InChI=1S/C25H28N4O4/c1-32-24(31)16-5-6-19-20(11-16)29(14-18-7-10-33-18)22(26-19)15-28-9-8-25(12-17(25)13-28)21-3-2-4-23(30)27-21/h2-6,11,17-18H,7-10,12-15H2,1H3,(H,27,30)/t17?,18-,25?/m0/s1. The Balaban J connectivity index is 1.24. The number of ether oxygens (including phenoxy) is 2. The highest BCUT2D eigenvalue weighted by molar-refractivity contribution is 5.93. The molecule has 0 amide bonds. The van der Waals surface area contributed by atoms with Crippen molar-refractivity contribution in [2.75, 3.05) is 26.8 Å². The lowest BCUT2D eigenvalue weighted by Crippen LogP contribution is -2.37. The molecule has 8 heteroatoms. The molecule has 6 rings (SSSR count). The molecule has 1 saturated carbocycles. The summed E-state index contributed by atoms with van der Waals surface area (Å²) in [6, 6.07) is 11.1. The number of carbonyl (C=O) groups excluding carboxylic acids is 1. The average Bonchev–Trinajstić information content (AvgIpc) is 3.44. The monoisotopic (exact) mass is 448 g/mol. The number of piperidine rings is 1. The van der Waals surface area contributed by atoms with Crippen LogP contribution >= 0.6 is 0 Å². The fraction of sp³-hybridized carbons (Fsp3) is 0.480. The van der Waals surface area contributed by atoms with Crippen molar-refractivity contribution in [2.24, 2.45) is 5.92 Å². The van der Waals surface area contributed by atoms with Crippen molar-refractivity contribution in [1.29, 1.82) is 0 Å². The minimum atomic E-state index is -0.340. The lowest BCUT2D eigenvalue weighted by Gasteiger charge is -2.32. The fourth-order valence-electron chi connectivity index (χ4n) is 5.55. The Morgan fingerprint density at radius 1 is 1.30 bits per heavy atom. The van der Waals surface area contributed by atoms with Crippen molar-refractivity contribution < 1.29 is 19.4 Å². The van der Waals surface area contributed by atoms with Gasteiger partial charge < -0.3 is 19.1 Å². The number of hydrogen-bond acceptors (Lipinski definition) is 7. The van der Waals surface area contributed by atoms with E-state index in [1.54, 1.807) is 12.1 Å². The van der Waals surface area contributed by atoms with E-state index in [2.05, 4.69) is 14.5 Å². The highest BCUT2D eigenvalue weighted by Gasteiger charge is 2.58. The topological polar surface area (TPSA) is 89.7 Å². The van der Waals surface area contributed by atoms with Crippen molar-refractivity contribution in [1.82, 2.24) is 19.4 Å². The van der Waals surface area contributed by atoms with Crippen molar-refractivity contribution >= 4 is 17.0 Å². The number of hydrogen-bond donors (Lipinski definition) is 1. The molecule has 3 atom stereocenters. The molecule has 8 nitrogen and oxygen atoms in total. The highest BCUT2D eigenvalue weighted by atomic mass is 16.5. The van der Waals surface area contributed by atoms with E-state index in [9.17, 15) is 9.90 Å². The largest absolute Gasteiger partial charge is 0.493 e. The Morgan fingerprint density at radius 3 is 2.91 bits per heavy atom. The smallest absolute Gasteiger partial charge is 0.337 e. The third-order valence-electron chi connectivity index (χ3n) is 7.62. The van der Waals surface area contributed by atoms with Crippen LogP contribution in [0.5, 0.6) is 5.88 Å². The number of aromatic nitrogens is 3. The number of nitrogens with zero attached hydrogens (tertiary/aromatic N) is 4. The zero-order valence-corrected chi connectivity index (χ0v) is 18.7. The van der Waals surface area contributed by atoms with E-state index >= 15 is 0 Å². The molecule has 3 aromatic rings. The Morgan fingerprint density at radius 2 is 2.18 bits per heavy atom. The molecule has 2 aliphatic heterocycles. The molecule has 2 unspecified atom stereocenters. The van der Waals surface area contributed by atoms with Gasteiger partial charge in [0.2, 0.25) is 5.88 Å². The first-order chi connectivity index (χ1) is 16.1. The van der Waals surface area contributed by atoms with Crippen molar-refractivity contribution in [3.63, 3.8) is 0 Å². The Bertz CT molecular complexity index is 1220. The van der Waals surface area contributed by atoms with Gasteiger partial charge in [0.05, 0.1) is 48.6 Å². The van der Waals surface area contributed by atoms with Gasteiger partial charge in [0.15, 0.2) is 0 Å². The third-order valence-corrected chi connectivity index (χ3v) is 7.62. The van der Waals surface area contributed by atoms with Crippen molar-refractivity contribution in [3.8, 4) is 5.88 Å². The van der Waals surface area contributed by atoms with E-state index in [-0.39, 0.29) is 23.4 Å². The van der Waals surface area contributed by atoms with Gasteiger partial charge in [0.25, 0.3) is 0 Å². The van der Waals surface area contributed by atoms with Gasteiger partial charge in [-0.15, -0.1) is 0 Å². The van der Waals surface area contributed by atoms with E-state index in [0.717, 1.165) is 74.6 Å². The molecule has 1 aromatic carbocycles. The first-order valence-electron chi connectivity index (χ1n) is 11.6. The lowest BCUT2D eigenvalue weighted by molar-refractivity contribution is -0.0592. The molecule has 3 aliphatic rings. The molecule has 1 aliphatic carbocycles. The summed E-state index contributed by atoms with van der Waals surface area (Å²) in [4.78, 5) is 23.9. The Labute approximate surface area is 192 Å². The lowest BCUT2D eigenvalue weighted by atomic mass is 9.91. The molecule has 2 saturated heterocycles. The molecule has 3 fully saturated rings. The molecule has 1 N–H and O–H groups in total. The maximum absolute atomic E-state index is 12.1. The number of aromatic hydroxyl groups is 1. The second-order valence-corrected chi connectivity index (χ2v) is 9.54. The van der Waals surface area contributed by atoms with Crippen LogP contribution in [0.1, 0.15) is 41.1 Å². The van der Waals surface area contributed by atoms with E-state index in [4.69, 9.17) is 14.5 Å². The molecular weight excluding hydrogens is 420 g/mol. The summed E-state index contributed by atoms with van der Waals surface area (Å²) in [6.45, 7) is 4.26. The normalized spacial score (nSPS) is 26.6. The summed E-state index contributed by atoms with van der Waals surface area (Å²) in [5.74, 6) is 1.33.